The van der Waals surface area contributed by atoms with Crippen LogP contribution in [0.1, 0.15) is 41.0 Å². The molecule has 0 unspecified atom stereocenters. The highest BCUT2D eigenvalue weighted by atomic mass is 19.3. The minimum atomic E-state index is -2.71. The summed E-state index contributed by atoms with van der Waals surface area (Å²) >= 11 is 0. The molecular weight excluding hydrogens is 198 g/mol. The summed E-state index contributed by atoms with van der Waals surface area (Å²) in [6.45, 7) is 9.42. The van der Waals surface area contributed by atoms with Crippen molar-refractivity contribution in [3.63, 3.8) is 0 Å². The summed E-state index contributed by atoms with van der Waals surface area (Å²) in [6, 6.07) is 0. The predicted molar refractivity (Wildman–Crippen MR) is 61.4 cm³/mol. The summed E-state index contributed by atoms with van der Waals surface area (Å²) in [5.41, 5.74) is -0.0729. The molecule has 0 aromatic heterocycles. The Morgan fingerprint density at radius 1 is 1.13 bits per heavy atom. The molecule has 0 radical (unpaired) electrons. The molecule has 0 fully saturated rings. The van der Waals surface area contributed by atoms with E-state index in [1.165, 1.54) is 6.08 Å². The van der Waals surface area contributed by atoms with Crippen molar-refractivity contribution in [2.45, 2.75) is 47.0 Å². The highest BCUT2D eigenvalue weighted by Crippen LogP contribution is 2.22. The van der Waals surface area contributed by atoms with E-state index < -0.39 is 5.92 Å². The average Bonchev–Trinajstić information content (AvgIpc) is 2.04. The molecule has 0 saturated heterocycles. The third-order valence-corrected chi connectivity index (χ3v) is 1.62. The Bertz CT molecular complexity index is 169. The van der Waals surface area contributed by atoms with Crippen LogP contribution in [0.25, 0.3) is 0 Å². The van der Waals surface area contributed by atoms with Gasteiger partial charge in [-0.25, -0.2) is 8.78 Å². The number of rotatable bonds is 5. The van der Waals surface area contributed by atoms with Crippen LogP contribution in [-0.4, -0.2) is 19.6 Å². The van der Waals surface area contributed by atoms with Crippen LogP contribution in [0.4, 0.5) is 8.78 Å². The molecule has 0 aliphatic heterocycles. The number of alkyl halides is 2. The Kier molecular flexibility index (Phi) is 8.83. The molecule has 0 spiro atoms. The fraction of sp³-hybridized carbons (Fsp3) is 0.833. The van der Waals surface area contributed by atoms with Gasteiger partial charge in [0.05, 0.1) is 6.61 Å². The standard InChI is InChI=1S/C10H18F2O.C2H6/c1-9(2,8-13-4)6-5-7-10(3,11)12;1-2/h5,7H,6,8H2,1-4H3;1-2H3/b7-5+;. The Morgan fingerprint density at radius 3 is 1.93 bits per heavy atom. The number of ether oxygens (including phenoxy) is 1. The first-order chi connectivity index (χ1) is 6.77. The zero-order valence-electron chi connectivity index (χ0n) is 10.7. The number of hydrogen-bond acceptors (Lipinski definition) is 1. The monoisotopic (exact) mass is 222 g/mol. The molecule has 0 bridgehead atoms. The summed E-state index contributed by atoms with van der Waals surface area (Å²) < 4.78 is 29.7. The van der Waals surface area contributed by atoms with Crippen LogP contribution in [0.3, 0.4) is 0 Å². The summed E-state index contributed by atoms with van der Waals surface area (Å²) in [6.07, 6.45) is 3.05. The van der Waals surface area contributed by atoms with Crippen LogP contribution in [0.15, 0.2) is 12.2 Å². The molecule has 0 aromatic carbocycles. The zero-order chi connectivity index (χ0) is 12.5. The molecule has 0 saturated carbocycles. The van der Waals surface area contributed by atoms with E-state index in [2.05, 4.69) is 0 Å². The highest BCUT2D eigenvalue weighted by Gasteiger charge is 2.18. The summed E-state index contributed by atoms with van der Waals surface area (Å²) in [4.78, 5) is 0. The van der Waals surface area contributed by atoms with Crippen molar-refractivity contribution in [1.82, 2.24) is 0 Å². The Morgan fingerprint density at radius 2 is 1.60 bits per heavy atom. The quantitative estimate of drug-likeness (QED) is 0.631. The van der Waals surface area contributed by atoms with E-state index in [9.17, 15) is 8.78 Å². The van der Waals surface area contributed by atoms with Crippen molar-refractivity contribution in [2.24, 2.45) is 5.41 Å². The second-order valence-electron chi connectivity index (χ2n) is 4.16. The molecular formula is C12H24F2O. The van der Waals surface area contributed by atoms with E-state index in [0.717, 1.165) is 13.0 Å². The maximum atomic E-state index is 12.4. The SMILES string of the molecule is CC.COCC(C)(C)C/C=C/C(C)(F)F. The normalized spacial score (nSPS) is 12.5. The van der Waals surface area contributed by atoms with Crippen molar-refractivity contribution in [2.75, 3.05) is 13.7 Å². The van der Waals surface area contributed by atoms with Gasteiger partial charge in [-0.1, -0.05) is 33.8 Å². The van der Waals surface area contributed by atoms with Gasteiger partial charge in [0.15, 0.2) is 0 Å². The Labute approximate surface area is 92.5 Å². The van der Waals surface area contributed by atoms with Gasteiger partial charge in [-0.15, -0.1) is 0 Å². The van der Waals surface area contributed by atoms with Crippen molar-refractivity contribution < 1.29 is 13.5 Å². The van der Waals surface area contributed by atoms with Crippen LogP contribution >= 0.6 is 0 Å². The Hall–Kier alpha value is -0.440. The van der Waals surface area contributed by atoms with E-state index in [0.29, 0.717) is 13.0 Å². The maximum Gasteiger partial charge on any atom is 0.263 e. The van der Waals surface area contributed by atoms with Gasteiger partial charge in [-0.3, -0.25) is 0 Å². The summed E-state index contributed by atoms with van der Waals surface area (Å²) in [5.74, 6) is -2.71. The minimum Gasteiger partial charge on any atom is -0.384 e. The zero-order valence-corrected chi connectivity index (χ0v) is 10.7. The number of methoxy groups -OCH3 is 1. The van der Waals surface area contributed by atoms with Gasteiger partial charge < -0.3 is 4.74 Å². The highest BCUT2D eigenvalue weighted by molar-refractivity contribution is 4.94. The molecule has 0 heterocycles. The first-order valence-electron chi connectivity index (χ1n) is 5.31. The smallest absolute Gasteiger partial charge is 0.263 e. The van der Waals surface area contributed by atoms with E-state index in [1.807, 2.05) is 27.7 Å². The molecule has 3 heteroatoms. The molecule has 0 atom stereocenters. The lowest BCUT2D eigenvalue weighted by atomic mass is 9.90. The predicted octanol–water partition coefficient (Wildman–Crippen LogP) is 4.29. The van der Waals surface area contributed by atoms with Crippen LogP contribution in [0, 0.1) is 5.41 Å². The molecule has 15 heavy (non-hydrogen) atoms. The van der Waals surface area contributed by atoms with Crippen LogP contribution in [-0.2, 0) is 4.74 Å². The first-order valence-corrected chi connectivity index (χ1v) is 5.31. The van der Waals surface area contributed by atoms with Crippen molar-refractivity contribution in [3.05, 3.63) is 12.2 Å². The van der Waals surface area contributed by atoms with Crippen molar-refractivity contribution in [1.29, 1.82) is 0 Å². The van der Waals surface area contributed by atoms with Crippen molar-refractivity contribution in [3.8, 4) is 0 Å². The lowest BCUT2D eigenvalue weighted by Gasteiger charge is -2.21. The van der Waals surface area contributed by atoms with Gasteiger partial charge >= 0.3 is 0 Å². The molecule has 0 aromatic rings. The topological polar surface area (TPSA) is 9.23 Å². The third kappa shape index (κ3) is 13.6. The lowest BCUT2D eigenvalue weighted by molar-refractivity contribution is 0.0757. The molecule has 0 amide bonds. The molecule has 0 aliphatic rings. The second kappa shape index (κ2) is 7.80. The second-order valence-corrected chi connectivity index (χ2v) is 4.16. The Balaban J connectivity index is 0. The fourth-order valence-corrected chi connectivity index (χ4v) is 1.03. The van der Waals surface area contributed by atoms with E-state index in [-0.39, 0.29) is 5.41 Å². The molecule has 0 aliphatic carbocycles. The maximum absolute atomic E-state index is 12.4. The first kappa shape index (κ1) is 17.0. The number of hydrogen-bond donors (Lipinski definition) is 0. The average molecular weight is 222 g/mol. The van der Waals surface area contributed by atoms with Gasteiger partial charge in [0.1, 0.15) is 0 Å². The van der Waals surface area contributed by atoms with Gasteiger partial charge in [-0.05, 0) is 17.9 Å². The van der Waals surface area contributed by atoms with E-state index in [4.69, 9.17) is 4.74 Å². The minimum absolute atomic E-state index is 0.0729. The largest absolute Gasteiger partial charge is 0.384 e. The number of halogens is 2. The van der Waals surface area contributed by atoms with Gasteiger partial charge in [0.25, 0.3) is 5.92 Å². The summed E-state index contributed by atoms with van der Waals surface area (Å²) in [5, 5.41) is 0. The van der Waals surface area contributed by atoms with Crippen LogP contribution in [0.5, 0.6) is 0 Å². The van der Waals surface area contributed by atoms with Crippen LogP contribution in [0.2, 0.25) is 0 Å². The molecule has 1 nitrogen and oxygen atoms in total. The van der Waals surface area contributed by atoms with Gasteiger partial charge in [0.2, 0.25) is 0 Å². The third-order valence-electron chi connectivity index (χ3n) is 1.62. The summed E-state index contributed by atoms with van der Waals surface area (Å²) in [7, 11) is 1.61. The van der Waals surface area contributed by atoms with E-state index in [1.54, 1.807) is 7.11 Å². The number of allylic oxidation sites excluding steroid dienone is 2. The van der Waals surface area contributed by atoms with Crippen LogP contribution < -0.4 is 0 Å². The van der Waals surface area contributed by atoms with Crippen molar-refractivity contribution >= 4 is 0 Å². The lowest BCUT2D eigenvalue weighted by Crippen LogP contribution is -2.17. The molecule has 0 rings (SSSR count). The van der Waals surface area contributed by atoms with E-state index >= 15 is 0 Å². The van der Waals surface area contributed by atoms with Gasteiger partial charge in [-0.2, -0.15) is 0 Å². The van der Waals surface area contributed by atoms with Gasteiger partial charge in [0, 0.05) is 14.0 Å². The fourth-order valence-electron chi connectivity index (χ4n) is 1.03. The molecule has 92 valence electrons. The molecule has 0 N–H and O–H groups in total.